The topological polar surface area (TPSA) is 47.2 Å². The quantitative estimate of drug-likeness (QED) is 0.874. The molecule has 1 aliphatic rings. The lowest BCUT2D eigenvalue weighted by molar-refractivity contribution is 0.356. The Hall–Kier alpha value is -1.75. The highest BCUT2D eigenvalue weighted by molar-refractivity contribution is 6.32. The van der Waals surface area contributed by atoms with Crippen molar-refractivity contribution in [3.05, 3.63) is 39.5 Å². The normalized spacial score (nSPS) is 14.4. The minimum absolute atomic E-state index is 0.127. The highest BCUT2D eigenvalue weighted by Crippen LogP contribution is 2.30. The SMILES string of the molecule is O=c1c(-c2ccc(O)cc2F)c(Cl)n2n1CCCC2. The molecule has 100 valence electrons. The van der Waals surface area contributed by atoms with E-state index in [9.17, 15) is 14.3 Å². The Morgan fingerprint density at radius 1 is 1.21 bits per heavy atom. The molecule has 19 heavy (non-hydrogen) atoms. The van der Waals surface area contributed by atoms with Gasteiger partial charge < -0.3 is 5.11 Å². The number of fused-ring (bicyclic) bond motifs is 1. The maximum atomic E-state index is 13.9. The molecular formula is C13H12ClFN2O2. The summed E-state index contributed by atoms with van der Waals surface area (Å²) in [4.78, 5) is 12.3. The van der Waals surface area contributed by atoms with Crippen LogP contribution >= 0.6 is 11.6 Å². The fourth-order valence-electron chi connectivity index (χ4n) is 2.46. The van der Waals surface area contributed by atoms with Gasteiger partial charge >= 0.3 is 0 Å². The second-order valence-electron chi connectivity index (χ2n) is 4.59. The lowest BCUT2D eigenvalue weighted by atomic mass is 10.1. The highest BCUT2D eigenvalue weighted by atomic mass is 35.5. The van der Waals surface area contributed by atoms with Crippen LogP contribution in [-0.2, 0) is 13.1 Å². The Balaban J connectivity index is 2.26. The van der Waals surface area contributed by atoms with Crippen LogP contribution in [0.15, 0.2) is 23.0 Å². The molecule has 0 unspecified atom stereocenters. The standard InChI is InChI=1S/C13H12ClFN2O2/c14-12-11(9-4-3-8(18)7-10(9)15)13(19)17-6-2-1-5-16(12)17/h3-4,7,18H,1-2,5-6H2. The number of phenolic OH excluding ortho intramolecular Hbond substituents is 1. The lowest BCUT2D eigenvalue weighted by Gasteiger charge is -2.17. The van der Waals surface area contributed by atoms with Gasteiger partial charge in [0.25, 0.3) is 5.56 Å². The third-order valence-corrected chi connectivity index (χ3v) is 3.77. The fraction of sp³-hybridized carbons (Fsp3) is 0.308. The molecule has 0 aliphatic carbocycles. The van der Waals surface area contributed by atoms with Gasteiger partial charge in [0, 0.05) is 24.7 Å². The number of aromatic nitrogens is 2. The van der Waals surface area contributed by atoms with Crippen LogP contribution in [0.2, 0.25) is 5.15 Å². The van der Waals surface area contributed by atoms with E-state index in [0.717, 1.165) is 18.9 Å². The summed E-state index contributed by atoms with van der Waals surface area (Å²) in [6.45, 7) is 1.26. The predicted molar refractivity (Wildman–Crippen MR) is 70.0 cm³/mol. The van der Waals surface area contributed by atoms with Crippen LogP contribution in [0.3, 0.4) is 0 Å². The first-order valence-electron chi connectivity index (χ1n) is 6.07. The Morgan fingerprint density at radius 2 is 1.89 bits per heavy atom. The summed E-state index contributed by atoms with van der Waals surface area (Å²) < 4.78 is 17.1. The minimum atomic E-state index is -0.650. The predicted octanol–water partition coefficient (Wildman–Crippen LogP) is 2.61. The van der Waals surface area contributed by atoms with Gasteiger partial charge in [-0.25, -0.2) is 9.07 Å². The molecule has 0 amide bonds. The van der Waals surface area contributed by atoms with Crippen LogP contribution < -0.4 is 5.56 Å². The summed E-state index contributed by atoms with van der Waals surface area (Å²) >= 11 is 6.21. The van der Waals surface area contributed by atoms with Crippen molar-refractivity contribution in [1.82, 2.24) is 9.36 Å². The summed E-state index contributed by atoms with van der Waals surface area (Å²) in [6, 6.07) is 3.70. The third kappa shape index (κ3) is 1.85. The van der Waals surface area contributed by atoms with Gasteiger partial charge in [-0.05, 0) is 25.0 Å². The van der Waals surface area contributed by atoms with Gasteiger partial charge in [0.1, 0.15) is 16.7 Å². The molecule has 3 rings (SSSR count). The van der Waals surface area contributed by atoms with E-state index >= 15 is 0 Å². The largest absolute Gasteiger partial charge is 0.508 e. The first-order chi connectivity index (χ1) is 9.09. The maximum Gasteiger partial charge on any atom is 0.276 e. The number of aromatic hydroxyl groups is 1. The van der Waals surface area contributed by atoms with Gasteiger partial charge in [0.2, 0.25) is 0 Å². The highest BCUT2D eigenvalue weighted by Gasteiger charge is 2.23. The summed E-state index contributed by atoms with van der Waals surface area (Å²) in [5.41, 5.74) is 0.0116. The van der Waals surface area contributed by atoms with E-state index in [1.165, 1.54) is 12.1 Å². The van der Waals surface area contributed by atoms with E-state index in [1.54, 1.807) is 9.36 Å². The first-order valence-corrected chi connectivity index (χ1v) is 6.45. The number of phenols is 1. The molecule has 0 saturated heterocycles. The van der Waals surface area contributed by atoms with E-state index in [-0.39, 0.29) is 27.6 Å². The molecule has 0 bridgehead atoms. The summed E-state index contributed by atoms with van der Waals surface area (Å²) in [7, 11) is 0. The van der Waals surface area contributed by atoms with Crippen molar-refractivity contribution in [2.24, 2.45) is 0 Å². The molecule has 2 aromatic rings. The summed E-state index contributed by atoms with van der Waals surface area (Å²) in [5.74, 6) is -0.830. The van der Waals surface area contributed by atoms with E-state index in [1.807, 2.05) is 0 Å². The molecular weight excluding hydrogens is 271 g/mol. The monoisotopic (exact) mass is 282 g/mol. The number of hydrogen-bond acceptors (Lipinski definition) is 2. The molecule has 6 heteroatoms. The van der Waals surface area contributed by atoms with Crippen molar-refractivity contribution < 1.29 is 9.50 Å². The first kappa shape index (κ1) is 12.3. The van der Waals surface area contributed by atoms with E-state index in [4.69, 9.17) is 11.6 Å². The van der Waals surface area contributed by atoms with Crippen molar-refractivity contribution in [2.45, 2.75) is 25.9 Å². The molecule has 2 heterocycles. The molecule has 1 aliphatic heterocycles. The van der Waals surface area contributed by atoms with Gasteiger partial charge in [-0.3, -0.25) is 9.48 Å². The molecule has 1 N–H and O–H groups in total. The number of rotatable bonds is 1. The van der Waals surface area contributed by atoms with Crippen LogP contribution in [0.1, 0.15) is 12.8 Å². The Bertz CT molecular complexity index is 705. The zero-order valence-corrected chi connectivity index (χ0v) is 10.8. The second kappa shape index (κ2) is 4.42. The molecule has 1 aromatic heterocycles. The van der Waals surface area contributed by atoms with Crippen molar-refractivity contribution in [3.63, 3.8) is 0 Å². The van der Waals surface area contributed by atoms with E-state index in [0.29, 0.717) is 13.1 Å². The summed E-state index contributed by atoms with van der Waals surface area (Å²) in [6.07, 6.45) is 1.86. The van der Waals surface area contributed by atoms with Gasteiger partial charge in [-0.1, -0.05) is 11.6 Å². The average Bonchev–Trinajstić information content (AvgIpc) is 2.64. The molecule has 0 saturated carbocycles. The molecule has 0 radical (unpaired) electrons. The fourth-order valence-corrected chi connectivity index (χ4v) is 2.82. The van der Waals surface area contributed by atoms with Crippen LogP contribution in [0.4, 0.5) is 4.39 Å². The van der Waals surface area contributed by atoms with Gasteiger partial charge in [0.15, 0.2) is 0 Å². The van der Waals surface area contributed by atoms with Crippen LogP contribution in [0, 0.1) is 5.82 Å². The lowest BCUT2D eigenvalue weighted by Crippen LogP contribution is -2.27. The molecule has 1 aromatic carbocycles. The molecule has 0 atom stereocenters. The van der Waals surface area contributed by atoms with Crippen LogP contribution in [-0.4, -0.2) is 14.5 Å². The maximum absolute atomic E-state index is 13.9. The zero-order chi connectivity index (χ0) is 13.6. The smallest absolute Gasteiger partial charge is 0.276 e. The van der Waals surface area contributed by atoms with Crippen molar-refractivity contribution in [2.75, 3.05) is 0 Å². The number of hydrogen-bond donors (Lipinski definition) is 1. The van der Waals surface area contributed by atoms with Gasteiger partial charge in [0.05, 0.1) is 5.56 Å². The zero-order valence-electron chi connectivity index (χ0n) is 10.1. The molecule has 0 fully saturated rings. The van der Waals surface area contributed by atoms with Crippen molar-refractivity contribution in [3.8, 4) is 16.9 Å². The van der Waals surface area contributed by atoms with E-state index in [2.05, 4.69) is 0 Å². The van der Waals surface area contributed by atoms with Gasteiger partial charge in [-0.15, -0.1) is 0 Å². The van der Waals surface area contributed by atoms with Crippen molar-refractivity contribution >= 4 is 11.6 Å². The number of benzene rings is 1. The van der Waals surface area contributed by atoms with Crippen molar-refractivity contribution in [1.29, 1.82) is 0 Å². The minimum Gasteiger partial charge on any atom is -0.508 e. The Morgan fingerprint density at radius 3 is 2.53 bits per heavy atom. The Kier molecular flexibility index (Phi) is 2.86. The van der Waals surface area contributed by atoms with Crippen LogP contribution in [0.5, 0.6) is 5.75 Å². The molecule has 0 spiro atoms. The van der Waals surface area contributed by atoms with Crippen LogP contribution in [0.25, 0.3) is 11.1 Å². The molecule has 4 nitrogen and oxygen atoms in total. The van der Waals surface area contributed by atoms with Gasteiger partial charge in [-0.2, -0.15) is 0 Å². The number of halogens is 2. The average molecular weight is 283 g/mol. The second-order valence-corrected chi connectivity index (χ2v) is 4.95. The number of nitrogens with zero attached hydrogens (tertiary/aromatic N) is 2. The third-order valence-electron chi connectivity index (χ3n) is 3.38. The Labute approximate surface area is 113 Å². The summed E-state index contributed by atoms with van der Waals surface area (Å²) in [5, 5.41) is 9.48. The van der Waals surface area contributed by atoms with E-state index < -0.39 is 5.82 Å².